The fraction of sp³-hybridized carbons (Fsp3) is 0.250. The summed E-state index contributed by atoms with van der Waals surface area (Å²) >= 11 is 3.38. The number of nitrogens with one attached hydrogen (secondary N) is 2. The highest BCUT2D eigenvalue weighted by atomic mass is 79.9. The van der Waals surface area contributed by atoms with Gasteiger partial charge >= 0.3 is 6.03 Å². The van der Waals surface area contributed by atoms with Gasteiger partial charge in [-0.1, -0.05) is 57.9 Å². The zero-order chi connectivity index (χ0) is 19.6. The van der Waals surface area contributed by atoms with Crippen molar-refractivity contribution in [1.29, 1.82) is 0 Å². The van der Waals surface area contributed by atoms with Crippen molar-refractivity contribution in [3.05, 3.63) is 69.7 Å². The molecule has 0 bridgehead atoms. The number of rotatable bonds is 5. The number of aryl methyl sites for hydroxylation is 1. The fourth-order valence-electron chi connectivity index (χ4n) is 2.97. The van der Waals surface area contributed by atoms with E-state index in [9.17, 15) is 14.4 Å². The minimum Gasteiger partial charge on any atom is -0.350 e. The largest absolute Gasteiger partial charge is 0.350 e. The summed E-state index contributed by atoms with van der Waals surface area (Å²) in [7, 11) is 0. The topological polar surface area (TPSA) is 78.5 Å². The first-order valence-electron chi connectivity index (χ1n) is 8.52. The van der Waals surface area contributed by atoms with Gasteiger partial charge in [-0.2, -0.15) is 0 Å². The second kappa shape index (κ2) is 7.52. The van der Waals surface area contributed by atoms with E-state index in [-0.39, 0.29) is 6.54 Å². The molecule has 1 aliphatic rings. The van der Waals surface area contributed by atoms with Gasteiger partial charge < -0.3 is 10.6 Å². The third-order valence-corrected chi connectivity index (χ3v) is 5.08. The first kappa shape index (κ1) is 19.1. The number of halogens is 1. The Hall–Kier alpha value is -2.67. The van der Waals surface area contributed by atoms with Crippen molar-refractivity contribution in [3.8, 4) is 0 Å². The Morgan fingerprint density at radius 1 is 1.19 bits per heavy atom. The summed E-state index contributed by atoms with van der Waals surface area (Å²) < 4.78 is 0.914. The van der Waals surface area contributed by atoms with Crippen LogP contribution in [-0.2, 0) is 21.7 Å². The number of nitrogens with zero attached hydrogens (tertiary/aromatic N) is 1. The van der Waals surface area contributed by atoms with E-state index in [1.165, 1.54) is 0 Å². The number of hydrogen-bond acceptors (Lipinski definition) is 3. The Balaban J connectivity index is 1.66. The first-order valence-corrected chi connectivity index (χ1v) is 9.31. The zero-order valence-electron chi connectivity index (χ0n) is 15.1. The number of carbonyl (C=O) groups is 3. The molecule has 1 atom stereocenters. The highest BCUT2D eigenvalue weighted by Gasteiger charge is 2.49. The van der Waals surface area contributed by atoms with Gasteiger partial charge in [-0.25, -0.2) is 4.79 Å². The van der Waals surface area contributed by atoms with E-state index < -0.39 is 23.4 Å². The van der Waals surface area contributed by atoms with Crippen molar-refractivity contribution >= 4 is 33.8 Å². The summed E-state index contributed by atoms with van der Waals surface area (Å²) in [6, 6.07) is 14.4. The van der Waals surface area contributed by atoms with Crippen LogP contribution in [0.15, 0.2) is 53.0 Å². The predicted octanol–water partition coefficient (Wildman–Crippen LogP) is 2.84. The van der Waals surface area contributed by atoms with Gasteiger partial charge in [0.2, 0.25) is 5.91 Å². The summed E-state index contributed by atoms with van der Waals surface area (Å²) in [4.78, 5) is 38.3. The lowest BCUT2D eigenvalue weighted by atomic mass is 9.91. The number of amides is 4. The van der Waals surface area contributed by atoms with Crippen molar-refractivity contribution in [2.45, 2.75) is 25.9 Å². The Morgan fingerprint density at radius 3 is 2.56 bits per heavy atom. The molecule has 0 radical (unpaired) electrons. The first-order chi connectivity index (χ1) is 12.8. The molecule has 1 aliphatic heterocycles. The second-order valence-corrected chi connectivity index (χ2v) is 7.63. The summed E-state index contributed by atoms with van der Waals surface area (Å²) in [5.74, 6) is -0.833. The molecule has 4 amide bonds. The number of carbonyl (C=O) groups excluding carboxylic acids is 3. The van der Waals surface area contributed by atoms with E-state index in [0.29, 0.717) is 12.1 Å². The van der Waals surface area contributed by atoms with Crippen LogP contribution in [-0.4, -0.2) is 29.3 Å². The predicted molar refractivity (Wildman–Crippen MR) is 105 cm³/mol. The maximum atomic E-state index is 12.8. The Labute approximate surface area is 166 Å². The quantitative estimate of drug-likeness (QED) is 0.717. The van der Waals surface area contributed by atoms with Crippen molar-refractivity contribution in [2.75, 3.05) is 6.54 Å². The highest BCUT2D eigenvalue weighted by Crippen LogP contribution is 2.28. The third-order valence-electron chi connectivity index (χ3n) is 4.58. The third kappa shape index (κ3) is 4.03. The number of hydrogen-bond donors (Lipinski definition) is 2. The maximum absolute atomic E-state index is 12.8. The van der Waals surface area contributed by atoms with Gasteiger partial charge in [0, 0.05) is 11.0 Å². The molecule has 0 saturated carbocycles. The molecule has 2 N–H and O–H groups in total. The minimum atomic E-state index is -1.17. The number of urea groups is 1. The van der Waals surface area contributed by atoms with Gasteiger partial charge in [-0.3, -0.25) is 14.5 Å². The van der Waals surface area contributed by atoms with Crippen molar-refractivity contribution < 1.29 is 14.4 Å². The molecule has 1 heterocycles. The molecule has 7 heteroatoms. The van der Waals surface area contributed by atoms with Crippen molar-refractivity contribution in [2.24, 2.45) is 0 Å². The van der Waals surface area contributed by atoms with E-state index in [2.05, 4.69) is 26.6 Å². The monoisotopic (exact) mass is 429 g/mol. The molecule has 2 aromatic carbocycles. The molecule has 1 fully saturated rings. The van der Waals surface area contributed by atoms with Crippen LogP contribution in [0.25, 0.3) is 0 Å². The van der Waals surface area contributed by atoms with Gasteiger partial charge in [0.05, 0.1) is 0 Å². The SMILES string of the molecule is Cc1ccc(C2(C)NC(=O)N(CC(=O)NCc3cccc(Br)c3)C2=O)cc1. The molecule has 0 aromatic heterocycles. The second-order valence-electron chi connectivity index (χ2n) is 6.72. The Kier molecular flexibility index (Phi) is 5.32. The van der Waals surface area contributed by atoms with Crippen LogP contribution in [0.2, 0.25) is 0 Å². The lowest BCUT2D eigenvalue weighted by Gasteiger charge is -2.22. The molecule has 6 nitrogen and oxygen atoms in total. The number of benzene rings is 2. The molecule has 1 unspecified atom stereocenters. The molecular formula is C20H20BrN3O3. The smallest absolute Gasteiger partial charge is 0.325 e. The van der Waals surface area contributed by atoms with Gasteiger partial charge in [-0.15, -0.1) is 0 Å². The molecule has 140 valence electrons. The maximum Gasteiger partial charge on any atom is 0.325 e. The van der Waals surface area contributed by atoms with Crippen molar-refractivity contribution in [1.82, 2.24) is 15.5 Å². The molecule has 1 saturated heterocycles. The summed E-state index contributed by atoms with van der Waals surface area (Å²) in [6.45, 7) is 3.59. The molecule has 27 heavy (non-hydrogen) atoms. The van der Waals surface area contributed by atoms with Gasteiger partial charge in [-0.05, 0) is 37.1 Å². The molecule has 0 aliphatic carbocycles. The summed E-state index contributed by atoms with van der Waals surface area (Å²) in [5.41, 5.74) is 1.49. The fourth-order valence-corrected chi connectivity index (χ4v) is 3.42. The zero-order valence-corrected chi connectivity index (χ0v) is 16.7. The molecule has 0 spiro atoms. The molecule has 3 rings (SSSR count). The van der Waals surface area contributed by atoms with Crippen LogP contribution in [0.5, 0.6) is 0 Å². The normalized spacial score (nSPS) is 19.1. The van der Waals surface area contributed by atoms with Crippen LogP contribution < -0.4 is 10.6 Å². The van der Waals surface area contributed by atoms with E-state index in [1.807, 2.05) is 55.5 Å². The molecule has 2 aromatic rings. The van der Waals surface area contributed by atoms with Crippen LogP contribution >= 0.6 is 15.9 Å². The van der Waals surface area contributed by atoms with E-state index in [4.69, 9.17) is 0 Å². The Bertz CT molecular complexity index is 898. The Morgan fingerprint density at radius 2 is 1.89 bits per heavy atom. The summed E-state index contributed by atoms with van der Waals surface area (Å²) in [5, 5.41) is 5.44. The number of imide groups is 1. The van der Waals surface area contributed by atoms with Crippen LogP contribution in [0.1, 0.15) is 23.6 Å². The lowest BCUT2D eigenvalue weighted by molar-refractivity contribution is -0.134. The average molecular weight is 430 g/mol. The van der Waals surface area contributed by atoms with E-state index in [0.717, 1.165) is 20.5 Å². The van der Waals surface area contributed by atoms with Gasteiger partial charge in [0.25, 0.3) is 5.91 Å². The standard InChI is InChI=1S/C20H20BrN3O3/c1-13-6-8-15(9-7-13)20(2)18(26)24(19(27)23-20)12-17(25)22-11-14-4-3-5-16(21)10-14/h3-10H,11-12H2,1-2H3,(H,22,25)(H,23,27). The van der Waals surface area contributed by atoms with Gasteiger partial charge in [0.1, 0.15) is 12.1 Å². The lowest BCUT2D eigenvalue weighted by Crippen LogP contribution is -2.43. The van der Waals surface area contributed by atoms with Crippen LogP contribution in [0, 0.1) is 6.92 Å². The van der Waals surface area contributed by atoms with E-state index in [1.54, 1.807) is 6.92 Å². The van der Waals surface area contributed by atoms with Crippen molar-refractivity contribution in [3.63, 3.8) is 0 Å². The van der Waals surface area contributed by atoms with E-state index >= 15 is 0 Å². The highest BCUT2D eigenvalue weighted by molar-refractivity contribution is 9.10. The van der Waals surface area contributed by atoms with Crippen LogP contribution in [0.3, 0.4) is 0 Å². The summed E-state index contributed by atoms with van der Waals surface area (Å²) in [6.07, 6.45) is 0. The average Bonchev–Trinajstić information content (AvgIpc) is 2.85. The van der Waals surface area contributed by atoms with Crippen LogP contribution in [0.4, 0.5) is 4.79 Å². The molecular weight excluding hydrogens is 410 g/mol. The minimum absolute atomic E-state index is 0.317. The van der Waals surface area contributed by atoms with Gasteiger partial charge in [0.15, 0.2) is 0 Å².